The van der Waals surface area contributed by atoms with Crippen LogP contribution in [0.2, 0.25) is 0 Å². The maximum absolute atomic E-state index is 13.0. The Morgan fingerprint density at radius 2 is 2.08 bits per heavy atom. The lowest BCUT2D eigenvalue weighted by Crippen LogP contribution is -2.40. The van der Waals surface area contributed by atoms with Crippen molar-refractivity contribution in [1.82, 2.24) is 9.88 Å². The molecule has 0 radical (unpaired) electrons. The van der Waals surface area contributed by atoms with E-state index in [0.717, 1.165) is 41.5 Å². The van der Waals surface area contributed by atoms with E-state index in [1.54, 1.807) is 0 Å². The third kappa shape index (κ3) is 3.98. The molecule has 0 spiro atoms. The van der Waals surface area contributed by atoms with E-state index in [2.05, 4.69) is 4.98 Å². The van der Waals surface area contributed by atoms with Gasteiger partial charge >= 0.3 is 5.97 Å². The summed E-state index contributed by atoms with van der Waals surface area (Å²) in [6, 6.07) is 7.98. The Morgan fingerprint density at radius 1 is 1.28 bits per heavy atom. The van der Waals surface area contributed by atoms with E-state index in [9.17, 15) is 9.59 Å². The molecule has 1 amide bonds. The molecule has 2 aromatic rings. The molecule has 1 N–H and O–H groups in total. The van der Waals surface area contributed by atoms with Gasteiger partial charge in [-0.2, -0.15) is 0 Å². The molecule has 1 aromatic carbocycles. The largest absolute Gasteiger partial charge is 0.481 e. The van der Waals surface area contributed by atoms with Gasteiger partial charge in [-0.1, -0.05) is 12.1 Å². The van der Waals surface area contributed by atoms with Crippen molar-refractivity contribution in [3.63, 3.8) is 0 Å². The third-order valence-corrected chi connectivity index (χ3v) is 4.97. The second kappa shape index (κ2) is 7.21. The van der Waals surface area contributed by atoms with Gasteiger partial charge < -0.3 is 10.0 Å². The molecular formula is C20H24N2O3. The predicted molar refractivity (Wildman–Crippen MR) is 96.7 cm³/mol. The number of carboxylic acids is 1. The summed E-state index contributed by atoms with van der Waals surface area (Å²) in [5.41, 5.74) is 3.45. The maximum atomic E-state index is 13.0. The first-order valence-corrected chi connectivity index (χ1v) is 8.83. The average molecular weight is 340 g/mol. The molecular weight excluding hydrogens is 316 g/mol. The molecule has 132 valence electrons. The van der Waals surface area contributed by atoms with Gasteiger partial charge in [0.05, 0.1) is 16.8 Å². The van der Waals surface area contributed by atoms with Crippen molar-refractivity contribution in [1.29, 1.82) is 0 Å². The fraction of sp³-hybridized carbons (Fsp3) is 0.450. The Labute approximate surface area is 147 Å². The fourth-order valence-corrected chi connectivity index (χ4v) is 3.57. The van der Waals surface area contributed by atoms with Crippen LogP contribution in [-0.4, -0.2) is 40.0 Å². The number of aryl methyl sites for hydroxylation is 2. The standard InChI is InChI=1S/C20H24N2O3/c1-13-5-7-16-11-17(14(2)21-18(16)10-13)20(25)22-9-3-4-15(12-22)6-8-19(23)24/h5,7,10-11,15H,3-4,6,8-9,12H2,1-2H3,(H,23,24). The number of nitrogens with zero attached hydrogens (tertiary/aromatic N) is 2. The van der Waals surface area contributed by atoms with E-state index in [0.29, 0.717) is 18.5 Å². The highest BCUT2D eigenvalue weighted by Gasteiger charge is 2.26. The van der Waals surface area contributed by atoms with Crippen molar-refractivity contribution in [3.05, 3.63) is 41.1 Å². The molecule has 0 saturated carbocycles. The molecule has 5 heteroatoms. The van der Waals surface area contributed by atoms with Crippen LogP contribution in [0.25, 0.3) is 10.9 Å². The molecule has 3 rings (SSSR count). The Kier molecular flexibility index (Phi) is 5.02. The van der Waals surface area contributed by atoms with E-state index < -0.39 is 5.97 Å². The second-order valence-electron chi connectivity index (χ2n) is 7.01. The Balaban J connectivity index is 1.80. The number of benzene rings is 1. The van der Waals surface area contributed by atoms with Crippen LogP contribution in [0.1, 0.15) is 47.3 Å². The monoisotopic (exact) mass is 340 g/mol. The van der Waals surface area contributed by atoms with Crippen molar-refractivity contribution in [2.75, 3.05) is 13.1 Å². The number of carboxylic acid groups (broad SMARTS) is 1. The van der Waals surface area contributed by atoms with Crippen molar-refractivity contribution in [2.24, 2.45) is 5.92 Å². The zero-order valence-electron chi connectivity index (χ0n) is 14.8. The van der Waals surface area contributed by atoms with E-state index in [1.807, 2.05) is 43.0 Å². The fourth-order valence-electron chi connectivity index (χ4n) is 3.57. The van der Waals surface area contributed by atoms with Crippen molar-refractivity contribution < 1.29 is 14.7 Å². The summed E-state index contributed by atoms with van der Waals surface area (Å²) < 4.78 is 0. The minimum atomic E-state index is -0.770. The van der Waals surface area contributed by atoms with Crippen LogP contribution in [0.5, 0.6) is 0 Å². The number of aliphatic carboxylic acids is 1. The first-order valence-electron chi connectivity index (χ1n) is 8.83. The lowest BCUT2D eigenvalue weighted by atomic mass is 9.93. The van der Waals surface area contributed by atoms with Gasteiger partial charge in [0, 0.05) is 24.9 Å². The number of likely N-dealkylation sites (tertiary alicyclic amines) is 1. The van der Waals surface area contributed by atoms with Gasteiger partial charge in [-0.15, -0.1) is 0 Å². The smallest absolute Gasteiger partial charge is 0.303 e. The molecule has 25 heavy (non-hydrogen) atoms. The molecule has 5 nitrogen and oxygen atoms in total. The van der Waals surface area contributed by atoms with Gasteiger partial charge in [0.1, 0.15) is 0 Å². The molecule has 2 heterocycles. The van der Waals surface area contributed by atoms with Gasteiger partial charge in [-0.05, 0) is 56.7 Å². The number of piperidine rings is 1. The number of aromatic nitrogens is 1. The summed E-state index contributed by atoms with van der Waals surface area (Å²) in [5, 5.41) is 9.84. The molecule has 0 aliphatic carbocycles. The Morgan fingerprint density at radius 3 is 2.84 bits per heavy atom. The predicted octanol–water partition coefficient (Wildman–Crippen LogP) is 3.57. The topological polar surface area (TPSA) is 70.5 Å². The lowest BCUT2D eigenvalue weighted by Gasteiger charge is -2.33. The first-order chi connectivity index (χ1) is 11.9. The lowest BCUT2D eigenvalue weighted by molar-refractivity contribution is -0.137. The van der Waals surface area contributed by atoms with Gasteiger partial charge in [-0.3, -0.25) is 14.6 Å². The molecule has 1 atom stereocenters. The van der Waals surface area contributed by atoms with Crippen LogP contribution in [0, 0.1) is 19.8 Å². The van der Waals surface area contributed by atoms with Gasteiger partial charge in [0.15, 0.2) is 0 Å². The summed E-state index contributed by atoms with van der Waals surface area (Å²) in [5.74, 6) is -0.494. The SMILES string of the molecule is Cc1ccc2cc(C(=O)N3CCCC(CCC(=O)O)C3)c(C)nc2c1. The molecule has 1 fully saturated rings. The van der Waals surface area contributed by atoms with Gasteiger partial charge in [0.25, 0.3) is 5.91 Å². The van der Waals surface area contributed by atoms with Crippen molar-refractivity contribution in [3.8, 4) is 0 Å². The maximum Gasteiger partial charge on any atom is 0.303 e. The minimum absolute atomic E-state index is 0.00694. The number of amides is 1. The van der Waals surface area contributed by atoms with E-state index >= 15 is 0 Å². The molecule has 1 aliphatic rings. The zero-order valence-corrected chi connectivity index (χ0v) is 14.8. The first kappa shape index (κ1) is 17.4. The molecule has 1 unspecified atom stereocenters. The van der Waals surface area contributed by atoms with Gasteiger partial charge in [0.2, 0.25) is 0 Å². The highest BCUT2D eigenvalue weighted by atomic mass is 16.4. The summed E-state index contributed by atoms with van der Waals surface area (Å²) in [6.07, 6.45) is 2.72. The number of pyridine rings is 1. The number of carbonyl (C=O) groups excluding carboxylic acids is 1. The van der Waals surface area contributed by atoms with Crippen LogP contribution in [0.15, 0.2) is 24.3 Å². The molecule has 1 aliphatic heterocycles. The number of hydrogen-bond donors (Lipinski definition) is 1. The Hall–Kier alpha value is -2.43. The van der Waals surface area contributed by atoms with Crippen LogP contribution in [-0.2, 0) is 4.79 Å². The van der Waals surface area contributed by atoms with Crippen LogP contribution >= 0.6 is 0 Å². The van der Waals surface area contributed by atoms with Crippen LogP contribution in [0.3, 0.4) is 0 Å². The quantitative estimate of drug-likeness (QED) is 0.924. The molecule has 1 saturated heterocycles. The highest BCUT2D eigenvalue weighted by Crippen LogP contribution is 2.24. The summed E-state index contributed by atoms with van der Waals surface area (Å²) in [7, 11) is 0. The minimum Gasteiger partial charge on any atom is -0.481 e. The summed E-state index contributed by atoms with van der Waals surface area (Å²) in [6.45, 7) is 5.27. The normalized spacial score (nSPS) is 17.7. The second-order valence-corrected chi connectivity index (χ2v) is 7.01. The van der Waals surface area contributed by atoms with E-state index in [4.69, 9.17) is 5.11 Å². The zero-order chi connectivity index (χ0) is 18.0. The Bertz CT molecular complexity index is 816. The van der Waals surface area contributed by atoms with Crippen molar-refractivity contribution >= 4 is 22.8 Å². The van der Waals surface area contributed by atoms with Gasteiger partial charge in [-0.25, -0.2) is 0 Å². The van der Waals surface area contributed by atoms with Crippen LogP contribution in [0.4, 0.5) is 0 Å². The highest BCUT2D eigenvalue weighted by molar-refractivity contribution is 5.98. The molecule has 1 aromatic heterocycles. The van der Waals surface area contributed by atoms with Crippen LogP contribution < -0.4 is 0 Å². The average Bonchev–Trinajstić information content (AvgIpc) is 2.59. The van der Waals surface area contributed by atoms with E-state index in [-0.39, 0.29) is 18.2 Å². The number of hydrogen-bond acceptors (Lipinski definition) is 3. The van der Waals surface area contributed by atoms with Crippen molar-refractivity contribution in [2.45, 2.75) is 39.5 Å². The van der Waals surface area contributed by atoms with E-state index in [1.165, 1.54) is 0 Å². The summed E-state index contributed by atoms with van der Waals surface area (Å²) >= 11 is 0. The third-order valence-electron chi connectivity index (χ3n) is 4.97. The number of rotatable bonds is 4. The molecule has 0 bridgehead atoms. The number of fused-ring (bicyclic) bond motifs is 1. The summed E-state index contributed by atoms with van der Waals surface area (Å²) in [4.78, 5) is 30.2. The number of carbonyl (C=O) groups is 2.